The first-order valence-electron chi connectivity index (χ1n) is 9.43. The Morgan fingerprint density at radius 1 is 1.11 bits per heavy atom. The monoisotopic (exact) mass is 379 g/mol. The molecule has 2 aliphatic rings. The van der Waals surface area contributed by atoms with Crippen LogP contribution in [0.15, 0.2) is 53.1 Å². The van der Waals surface area contributed by atoms with Crippen molar-refractivity contribution in [3.8, 4) is 22.0 Å². The number of benzene rings is 1. The molecule has 5 nitrogen and oxygen atoms in total. The van der Waals surface area contributed by atoms with E-state index in [0.29, 0.717) is 22.7 Å². The van der Waals surface area contributed by atoms with Gasteiger partial charge in [0.25, 0.3) is 5.91 Å². The molecule has 3 aromatic rings. The van der Waals surface area contributed by atoms with Crippen LogP contribution in [0.2, 0.25) is 0 Å². The van der Waals surface area contributed by atoms with Crippen LogP contribution in [0.5, 0.6) is 0 Å². The van der Waals surface area contributed by atoms with E-state index in [0.717, 1.165) is 29.1 Å². The van der Waals surface area contributed by atoms with Gasteiger partial charge in [0, 0.05) is 23.7 Å². The first kappa shape index (κ1) is 16.7. The van der Waals surface area contributed by atoms with Crippen molar-refractivity contribution in [1.82, 2.24) is 15.6 Å². The van der Waals surface area contributed by atoms with E-state index in [2.05, 4.69) is 10.6 Å². The van der Waals surface area contributed by atoms with Gasteiger partial charge in [0.2, 0.25) is 0 Å². The molecule has 1 aromatic carbocycles. The third kappa shape index (κ3) is 3.31. The molecule has 2 aromatic heterocycles. The maximum atomic E-state index is 13.1. The second-order valence-electron chi connectivity index (χ2n) is 7.32. The van der Waals surface area contributed by atoms with Gasteiger partial charge in [0.1, 0.15) is 4.88 Å². The number of fused-ring (bicyclic) bond motifs is 2. The van der Waals surface area contributed by atoms with E-state index in [1.165, 1.54) is 24.2 Å². The average Bonchev–Trinajstić information content (AvgIpc) is 3.42. The highest BCUT2D eigenvalue weighted by atomic mass is 32.1. The van der Waals surface area contributed by atoms with Gasteiger partial charge in [-0.05, 0) is 37.8 Å². The Bertz CT molecular complexity index is 924. The molecular formula is C21H21N3O2S. The van der Waals surface area contributed by atoms with Crippen LogP contribution in [0.1, 0.15) is 35.4 Å². The number of nitrogens with zero attached hydrogens (tertiary/aromatic N) is 1. The Balaban J connectivity index is 1.45. The van der Waals surface area contributed by atoms with Gasteiger partial charge in [-0.1, -0.05) is 30.3 Å². The van der Waals surface area contributed by atoms with E-state index in [1.807, 2.05) is 42.5 Å². The summed E-state index contributed by atoms with van der Waals surface area (Å²) < 4.78 is 5.50. The maximum absolute atomic E-state index is 13.1. The van der Waals surface area contributed by atoms with Gasteiger partial charge >= 0.3 is 0 Å². The van der Waals surface area contributed by atoms with Gasteiger partial charge in [0.05, 0.1) is 12.0 Å². The highest BCUT2D eigenvalue weighted by Gasteiger charge is 2.34. The Morgan fingerprint density at radius 3 is 2.59 bits per heavy atom. The van der Waals surface area contributed by atoms with E-state index in [-0.39, 0.29) is 11.9 Å². The highest BCUT2D eigenvalue weighted by Crippen LogP contribution is 2.34. The summed E-state index contributed by atoms with van der Waals surface area (Å²) in [5.74, 6) is 0.659. The molecule has 2 N–H and O–H groups in total. The minimum atomic E-state index is -0.0320. The molecule has 2 saturated heterocycles. The molecule has 27 heavy (non-hydrogen) atoms. The van der Waals surface area contributed by atoms with Crippen LogP contribution < -0.4 is 10.6 Å². The molecule has 2 fully saturated rings. The van der Waals surface area contributed by atoms with Crippen LogP contribution in [-0.4, -0.2) is 29.0 Å². The summed E-state index contributed by atoms with van der Waals surface area (Å²) in [4.78, 5) is 18.5. The number of piperidine rings is 1. The predicted molar refractivity (Wildman–Crippen MR) is 106 cm³/mol. The molecule has 2 unspecified atom stereocenters. The van der Waals surface area contributed by atoms with Gasteiger partial charge in [-0.3, -0.25) is 4.79 Å². The molecule has 0 aliphatic carbocycles. The molecule has 0 spiro atoms. The molecule has 2 atom stereocenters. The normalized spacial score (nSPS) is 24.1. The number of thiazole rings is 1. The van der Waals surface area contributed by atoms with Crippen LogP contribution in [0, 0.1) is 0 Å². The minimum Gasteiger partial charge on any atom is -0.462 e. The summed E-state index contributed by atoms with van der Waals surface area (Å²) in [6, 6.07) is 14.9. The SMILES string of the molecule is O=C(NC1CC2CCC(C1)N2)c1sc(-c2ccco2)nc1-c1ccccc1. The van der Waals surface area contributed by atoms with Gasteiger partial charge in [-0.2, -0.15) is 0 Å². The maximum Gasteiger partial charge on any atom is 0.263 e. The Morgan fingerprint density at radius 2 is 1.89 bits per heavy atom. The number of carbonyl (C=O) groups excluding carboxylic acids is 1. The molecular weight excluding hydrogens is 358 g/mol. The van der Waals surface area contributed by atoms with Crippen LogP contribution in [-0.2, 0) is 0 Å². The van der Waals surface area contributed by atoms with Crippen molar-refractivity contribution >= 4 is 17.2 Å². The topological polar surface area (TPSA) is 67.2 Å². The number of rotatable bonds is 4. The number of nitrogens with one attached hydrogen (secondary N) is 2. The van der Waals surface area contributed by atoms with E-state index in [1.54, 1.807) is 6.26 Å². The lowest BCUT2D eigenvalue weighted by atomic mass is 9.99. The van der Waals surface area contributed by atoms with Crippen molar-refractivity contribution in [2.45, 2.75) is 43.8 Å². The zero-order valence-corrected chi connectivity index (χ0v) is 15.7. The smallest absolute Gasteiger partial charge is 0.263 e. The summed E-state index contributed by atoms with van der Waals surface area (Å²) in [6.45, 7) is 0. The van der Waals surface area contributed by atoms with Crippen LogP contribution in [0.4, 0.5) is 0 Å². The lowest BCUT2D eigenvalue weighted by molar-refractivity contribution is 0.0928. The van der Waals surface area contributed by atoms with Crippen LogP contribution in [0.25, 0.3) is 22.0 Å². The third-order valence-corrected chi connectivity index (χ3v) is 6.49. The van der Waals surface area contributed by atoms with E-state index in [9.17, 15) is 4.79 Å². The van der Waals surface area contributed by atoms with E-state index < -0.39 is 0 Å². The Kier molecular flexibility index (Phi) is 4.30. The fourth-order valence-corrected chi connectivity index (χ4v) is 5.16. The second kappa shape index (κ2) is 6.94. The lowest BCUT2D eigenvalue weighted by Crippen LogP contribution is -2.47. The zero-order valence-electron chi connectivity index (χ0n) is 14.9. The molecule has 138 valence electrons. The molecule has 2 aliphatic heterocycles. The number of amides is 1. The van der Waals surface area contributed by atoms with Crippen molar-refractivity contribution in [1.29, 1.82) is 0 Å². The fraction of sp³-hybridized carbons (Fsp3) is 0.333. The Labute approximate surface area is 161 Å². The van der Waals surface area contributed by atoms with Gasteiger partial charge < -0.3 is 15.1 Å². The van der Waals surface area contributed by atoms with Gasteiger partial charge in [-0.15, -0.1) is 11.3 Å². The average molecular weight is 379 g/mol. The lowest BCUT2D eigenvalue weighted by Gasteiger charge is -2.29. The molecule has 2 bridgehead atoms. The third-order valence-electron chi connectivity index (χ3n) is 5.42. The first-order valence-corrected chi connectivity index (χ1v) is 10.2. The standard InChI is InChI=1S/C21H21N3O2S/c25-20(23-16-11-14-8-9-15(12-16)22-14)19-18(13-5-2-1-3-6-13)24-21(27-19)17-7-4-10-26-17/h1-7,10,14-16,22H,8-9,11-12H2,(H,23,25). The van der Waals surface area contributed by atoms with E-state index in [4.69, 9.17) is 9.40 Å². The zero-order chi connectivity index (χ0) is 18.2. The van der Waals surface area contributed by atoms with Gasteiger partial charge in [-0.25, -0.2) is 4.98 Å². The van der Waals surface area contributed by atoms with Crippen LogP contribution in [0.3, 0.4) is 0 Å². The minimum absolute atomic E-state index is 0.0320. The molecule has 0 radical (unpaired) electrons. The van der Waals surface area contributed by atoms with E-state index >= 15 is 0 Å². The second-order valence-corrected chi connectivity index (χ2v) is 8.32. The van der Waals surface area contributed by atoms with Crippen molar-refractivity contribution in [2.75, 3.05) is 0 Å². The molecule has 5 rings (SSSR count). The highest BCUT2D eigenvalue weighted by molar-refractivity contribution is 7.17. The quantitative estimate of drug-likeness (QED) is 0.717. The van der Waals surface area contributed by atoms with Crippen molar-refractivity contribution < 1.29 is 9.21 Å². The van der Waals surface area contributed by atoms with Gasteiger partial charge in [0.15, 0.2) is 10.8 Å². The summed E-state index contributed by atoms with van der Waals surface area (Å²) in [6.07, 6.45) is 6.08. The summed E-state index contributed by atoms with van der Waals surface area (Å²) in [5, 5.41) is 7.62. The van der Waals surface area contributed by atoms with Crippen molar-refractivity contribution in [2.24, 2.45) is 0 Å². The molecule has 0 saturated carbocycles. The summed E-state index contributed by atoms with van der Waals surface area (Å²) in [7, 11) is 0. The first-order chi connectivity index (χ1) is 13.3. The Hall–Kier alpha value is -2.44. The largest absolute Gasteiger partial charge is 0.462 e. The number of hydrogen-bond acceptors (Lipinski definition) is 5. The van der Waals surface area contributed by atoms with Crippen molar-refractivity contribution in [3.63, 3.8) is 0 Å². The van der Waals surface area contributed by atoms with Crippen LogP contribution >= 0.6 is 11.3 Å². The number of carbonyl (C=O) groups is 1. The molecule has 6 heteroatoms. The number of aromatic nitrogens is 1. The number of hydrogen-bond donors (Lipinski definition) is 2. The molecule has 4 heterocycles. The summed E-state index contributed by atoms with van der Waals surface area (Å²) in [5.41, 5.74) is 1.67. The number of furan rings is 1. The molecule has 1 amide bonds. The predicted octanol–water partition coefficient (Wildman–Crippen LogP) is 4.08. The fourth-order valence-electron chi connectivity index (χ4n) is 4.20. The van der Waals surface area contributed by atoms with Crippen molar-refractivity contribution in [3.05, 3.63) is 53.6 Å². The summed E-state index contributed by atoms with van der Waals surface area (Å²) >= 11 is 1.39.